The first kappa shape index (κ1) is 12.9. The molecule has 1 saturated carbocycles. The Morgan fingerprint density at radius 1 is 1.25 bits per heavy atom. The summed E-state index contributed by atoms with van der Waals surface area (Å²) in [5.74, 6) is 0.926. The van der Waals surface area contributed by atoms with Gasteiger partial charge < -0.3 is 4.90 Å². The lowest BCUT2D eigenvalue weighted by molar-refractivity contribution is 0.00282. The highest BCUT2D eigenvalue weighted by Gasteiger charge is 2.52. The van der Waals surface area contributed by atoms with Crippen LogP contribution in [-0.4, -0.2) is 24.5 Å². The topological polar surface area (TPSA) is 3.24 Å². The molecule has 0 amide bonds. The molecule has 1 aromatic carbocycles. The molecule has 1 aromatic rings. The van der Waals surface area contributed by atoms with Gasteiger partial charge in [-0.2, -0.15) is 0 Å². The fourth-order valence-electron chi connectivity index (χ4n) is 5.46. The fourth-order valence-corrected chi connectivity index (χ4v) is 5.46. The van der Waals surface area contributed by atoms with Gasteiger partial charge >= 0.3 is 0 Å². The molecule has 1 heteroatoms. The SMILES string of the molecule is CCc1ccc2c(c1)C13CCCC[C@@H]1[C@H](C2)N(C)CC3. The maximum atomic E-state index is 2.66. The summed E-state index contributed by atoms with van der Waals surface area (Å²) in [6.45, 7) is 3.59. The molecule has 2 fully saturated rings. The minimum atomic E-state index is 0.536. The lowest BCUT2D eigenvalue weighted by atomic mass is 9.52. The molecule has 0 spiro atoms. The van der Waals surface area contributed by atoms with E-state index in [1.165, 1.54) is 51.5 Å². The molecule has 20 heavy (non-hydrogen) atoms. The Kier molecular flexibility index (Phi) is 2.96. The number of aryl methyl sites for hydroxylation is 1. The second-order valence-electron chi connectivity index (χ2n) is 7.36. The summed E-state index contributed by atoms with van der Waals surface area (Å²) in [6, 6.07) is 8.21. The first-order valence-electron chi connectivity index (χ1n) is 8.57. The van der Waals surface area contributed by atoms with Crippen molar-refractivity contribution >= 4 is 0 Å². The summed E-state index contributed by atoms with van der Waals surface area (Å²) in [5.41, 5.74) is 5.50. The third-order valence-electron chi connectivity index (χ3n) is 6.59. The molecular formula is C19H27N. The van der Waals surface area contributed by atoms with Gasteiger partial charge in [0.15, 0.2) is 0 Å². The monoisotopic (exact) mass is 269 g/mol. The Morgan fingerprint density at radius 3 is 3.00 bits per heavy atom. The Bertz CT molecular complexity index is 520. The second kappa shape index (κ2) is 4.59. The molecule has 0 radical (unpaired) electrons. The molecule has 1 saturated heterocycles. The molecule has 3 atom stereocenters. The number of hydrogen-bond donors (Lipinski definition) is 0. The van der Waals surface area contributed by atoms with E-state index < -0.39 is 0 Å². The van der Waals surface area contributed by atoms with Crippen LogP contribution in [-0.2, 0) is 18.3 Å². The van der Waals surface area contributed by atoms with E-state index in [2.05, 4.69) is 37.1 Å². The number of likely N-dealkylation sites (N-methyl/N-ethyl adjacent to an activating group) is 1. The summed E-state index contributed by atoms with van der Waals surface area (Å²) in [6.07, 6.45) is 9.68. The van der Waals surface area contributed by atoms with Crippen LogP contribution in [0, 0.1) is 5.92 Å². The quantitative estimate of drug-likeness (QED) is 0.746. The van der Waals surface area contributed by atoms with E-state index in [1.54, 1.807) is 16.7 Å². The van der Waals surface area contributed by atoms with Crippen molar-refractivity contribution < 1.29 is 0 Å². The molecule has 108 valence electrons. The molecule has 1 unspecified atom stereocenters. The van der Waals surface area contributed by atoms with Crippen LogP contribution in [0.3, 0.4) is 0 Å². The highest BCUT2D eigenvalue weighted by Crippen LogP contribution is 2.55. The molecule has 2 aliphatic carbocycles. The van der Waals surface area contributed by atoms with Crippen molar-refractivity contribution in [3.05, 3.63) is 34.9 Å². The van der Waals surface area contributed by atoms with Crippen molar-refractivity contribution in [1.29, 1.82) is 0 Å². The van der Waals surface area contributed by atoms with E-state index in [-0.39, 0.29) is 0 Å². The number of hydrogen-bond acceptors (Lipinski definition) is 1. The molecule has 0 aromatic heterocycles. The fraction of sp³-hybridized carbons (Fsp3) is 0.684. The van der Waals surface area contributed by atoms with Crippen LogP contribution in [0.2, 0.25) is 0 Å². The maximum absolute atomic E-state index is 2.66. The Labute approximate surface area is 123 Å². The molecule has 1 heterocycles. The first-order chi connectivity index (χ1) is 9.74. The molecule has 1 aliphatic heterocycles. The lowest BCUT2D eigenvalue weighted by Crippen LogP contribution is -2.59. The third-order valence-corrected chi connectivity index (χ3v) is 6.59. The minimum Gasteiger partial charge on any atom is -0.303 e. The number of rotatable bonds is 1. The van der Waals surface area contributed by atoms with Gasteiger partial charge in [-0.25, -0.2) is 0 Å². The number of piperidine rings is 1. The lowest BCUT2D eigenvalue weighted by Gasteiger charge is -2.58. The Balaban J connectivity index is 1.88. The summed E-state index contributed by atoms with van der Waals surface area (Å²) in [5, 5.41) is 0. The van der Waals surface area contributed by atoms with E-state index in [4.69, 9.17) is 0 Å². The van der Waals surface area contributed by atoms with E-state index in [0.29, 0.717) is 5.41 Å². The third kappa shape index (κ3) is 1.65. The van der Waals surface area contributed by atoms with Crippen molar-refractivity contribution in [2.24, 2.45) is 5.92 Å². The Morgan fingerprint density at radius 2 is 2.15 bits per heavy atom. The average molecular weight is 269 g/mol. The summed E-state index contributed by atoms with van der Waals surface area (Å²) in [7, 11) is 2.36. The van der Waals surface area contributed by atoms with E-state index in [1.807, 2.05) is 0 Å². The molecular weight excluding hydrogens is 242 g/mol. The van der Waals surface area contributed by atoms with Crippen molar-refractivity contribution in [3.8, 4) is 0 Å². The van der Waals surface area contributed by atoms with Crippen molar-refractivity contribution in [2.45, 2.75) is 63.3 Å². The van der Waals surface area contributed by atoms with E-state index in [9.17, 15) is 0 Å². The normalized spacial score (nSPS) is 36.3. The first-order valence-corrected chi connectivity index (χ1v) is 8.57. The molecule has 3 aliphatic rings. The van der Waals surface area contributed by atoms with Gasteiger partial charge in [-0.15, -0.1) is 0 Å². The van der Waals surface area contributed by atoms with Gasteiger partial charge in [0, 0.05) is 11.5 Å². The summed E-state index contributed by atoms with van der Waals surface area (Å²) < 4.78 is 0. The molecule has 1 nitrogen and oxygen atoms in total. The van der Waals surface area contributed by atoms with Crippen LogP contribution >= 0.6 is 0 Å². The van der Waals surface area contributed by atoms with Gasteiger partial charge in [-0.3, -0.25) is 0 Å². The van der Waals surface area contributed by atoms with Crippen LogP contribution in [0.4, 0.5) is 0 Å². The highest BCUT2D eigenvalue weighted by molar-refractivity contribution is 5.43. The van der Waals surface area contributed by atoms with Gasteiger partial charge in [0.2, 0.25) is 0 Å². The number of nitrogens with zero attached hydrogens (tertiary/aromatic N) is 1. The molecule has 4 rings (SSSR count). The number of benzene rings is 1. The van der Waals surface area contributed by atoms with Gasteiger partial charge in [0.1, 0.15) is 0 Å². The minimum absolute atomic E-state index is 0.536. The van der Waals surface area contributed by atoms with Gasteiger partial charge in [0.05, 0.1) is 0 Å². The summed E-state index contributed by atoms with van der Waals surface area (Å²) in [4.78, 5) is 2.66. The predicted octanol–water partition coefficient (Wildman–Crippen LogP) is 3.94. The largest absolute Gasteiger partial charge is 0.303 e. The van der Waals surface area contributed by atoms with E-state index in [0.717, 1.165) is 12.0 Å². The van der Waals surface area contributed by atoms with Gasteiger partial charge in [-0.05, 0) is 68.3 Å². The van der Waals surface area contributed by atoms with Crippen LogP contribution < -0.4 is 0 Å². The predicted molar refractivity (Wildman–Crippen MR) is 84.2 cm³/mol. The van der Waals surface area contributed by atoms with Crippen molar-refractivity contribution in [3.63, 3.8) is 0 Å². The van der Waals surface area contributed by atoms with Gasteiger partial charge in [-0.1, -0.05) is 38.0 Å². The van der Waals surface area contributed by atoms with Crippen LogP contribution in [0.25, 0.3) is 0 Å². The smallest absolute Gasteiger partial charge is 0.0169 e. The summed E-state index contributed by atoms with van der Waals surface area (Å²) >= 11 is 0. The maximum Gasteiger partial charge on any atom is 0.0169 e. The molecule has 2 bridgehead atoms. The van der Waals surface area contributed by atoms with Crippen LogP contribution in [0.15, 0.2) is 18.2 Å². The standard InChI is InChI=1S/C19H27N/c1-3-14-7-8-15-13-18-16-6-4-5-9-19(16,17(15)12-14)10-11-20(18)2/h7-8,12,16,18H,3-6,9-11,13H2,1-2H3/t16-,18+,19?/m1/s1. The Hall–Kier alpha value is -0.820. The zero-order chi connectivity index (χ0) is 13.7. The van der Waals surface area contributed by atoms with Crippen LogP contribution in [0.1, 0.15) is 55.7 Å². The second-order valence-corrected chi connectivity index (χ2v) is 7.36. The number of likely N-dealkylation sites (tertiary alicyclic amines) is 1. The number of fused-ring (bicyclic) bond motifs is 1. The highest BCUT2D eigenvalue weighted by atomic mass is 15.1. The zero-order valence-corrected chi connectivity index (χ0v) is 13.0. The van der Waals surface area contributed by atoms with E-state index >= 15 is 0 Å². The molecule has 0 N–H and O–H groups in total. The average Bonchev–Trinajstić information content (AvgIpc) is 2.50. The zero-order valence-electron chi connectivity index (χ0n) is 13.0. The van der Waals surface area contributed by atoms with Crippen LogP contribution in [0.5, 0.6) is 0 Å². The van der Waals surface area contributed by atoms with Gasteiger partial charge in [0.25, 0.3) is 0 Å². The van der Waals surface area contributed by atoms with Crippen molar-refractivity contribution in [2.75, 3.05) is 13.6 Å². The van der Waals surface area contributed by atoms with Crippen molar-refractivity contribution in [1.82, 2.24) is 4.90 Å².